The number of carbonyl (C=O) groups excluding carboxylic acids is 1. The van der Waals surface area contributed by atoms with Gasteiger partial charge < -0.3 is 21.0 Å². The first-order chi connectivity index (χ1) is 7.81. The fourth-order valence-electron chi connectivity index (χ4n) is 1.46. The number of carbonyl (C=O) groups is 1. The fraction of sp³-hybridized carbons (Fsp3) is 0.818. The van der Waals surface area contributed by atoms with Crippen molar-refractivity contribution in [2.45, 2.75) is 51.7 Å². The second-order valence-electron chi connectivity index (χ2n) is 5.40. The fourth-order valence-corrected chi connectivity index (χ4v) is 1.46. The molecule has 1 amide bonds. The van der Waals surface area contributed by atoms with Gasteiger partial charge >= 0.3 is 6.09 Å². The second kappa shape index (κ2) is 5.25. The highest BCUT2D eigenvalue weighted by molar-refractivity contribution is 5.88. The molecule has 4 N–H and O–H groups in total. The van der Waals surface area contributed by atoms with E-state index in [1.165, 1.54) is 0 Å². The van der Waals surface area contributed by atoms with Gasteiger partial charge in [0.05, 0.1) is 6.04 Å². The normalized spacial score (nSPS) is 18.6. The smallest absolute Gasteiger partial charge is 0.408 e. The number of hydrogen-bond acceptors (Lipinski definition) is 4. The van der Waals surface area contributed by atoms with Crippen LogP contribution >= 0.6 is 0 Å². The summed E-state index contributed by atoms with van der Waals surface area (Å²) in [4.78, 5) is 11.6. The van der Waals surface area contributed by atoms with Gasteiger partial charge in [0, 0.05) is 0 Å². The molecule has 0 aromatic heterocycles. The Bertz CT molecular complexity index is 306. The number of nitrogens with zero attached hydrogens (tertiary/aromatic N) is 1. The molecule has 1 atom stereocenters. The average molecular weight is 243 g/mol. The van der Waals surface area contributed by atoms with Crippen molar-refractivity contribution in [2.75, 3.05) is 0 Å². The lowest BCUT2D eigenvalue weighted by Crippen LogP contribution is -2.46. The average Bonchev–Trinajstić information content (AvgIpc) is 2.96. The van der Waals surface area contributed by atoms with Crippen molar-refractivity contribution in [1.82, 2.24) is 5.32 Å². The third kappa shape index (κ3) is 5.42. The number of hydrogen-bond donors (Lipinski definition) is 3. The lowest BCUT2D eigenvalue weighted by molar-refractivity contribution is 0.0514. The van der Waals surface area contributed by atoms with Crippen molar-refractivity contribution in [3.8, 4) is 0 Å². The van der Waals surface area contributed by atoms with Crippen molar-refractivity contribution in [3.05, 3.63) is 0 Å². The number of rotatable bonds is 4. The highest BCUT2D eigenvalue weighted by atomic mass is 16.6. The van der Waals surface area contributed by atoms with E-state index in [9.17, 15) is 4.79 Å². The molecular weight excluding hydrogens is 222 g/mol. The zero-order chi connectivity index (χ0) is 13.1. The van der Waals surface area contributed by atoms with Crippen LogP contribution in [0.4, 0.5) is 4.79 Å². The van der Waals surface area contributed by atoms with E-state index in [4.69, 9.17) is 15.7 Å². The summed E-state index contributed by atoms with van der Waals surface area (Å²) in [5, 5.41) is 14.2. The van der Waals surface area contributed by atoms with Gasteiger partial charge in [0.1, 0.15) is 5.60 Å². The lowest BCUT2D eigenvalue weighted by atomic mass is 10.1. The number of alkyl carbamates (subject to hydrolysis) is 1. The second-order valence-corrected chi connectivity index (χ2v) is 5.40. The Labute approximate surface area is 101 Å². The minimum Gasteiger partial charge on any atom is -0.444 e. The van der Waals surface area contributed by atoms with E-state index in [1.54, 1.807) is 20.8 Å². The summed E-state index contributed by atoms with van der Waals surface area (Å²) < 4.78 is 5.12. The van der Waals surface area contributed by atoms with Crippen LogP contribution in [0.3, 0.4) is 0 Å². The van der Waals surface area contributed by atoms with Gasteiger partial charge in [-0.2, -0.15) is 0 Å². The molecule has 98 valence electrons. The molecule has 17 heavy (non-hydrogen) atoms. The molecule has 1 unspecified atom stereocenters. The Hall–Kier alpha value is -1.46. The Morgan fingerprint density at radius 2 is 2.18 bits per heavy atom. The SMILES string of the molecule is CC(C)(C)OC(=O)NC(CC1CC1)/C(N)=N/O. The molecule has 0 aliphatic heterocycles. The summed E-state index contributed by atoms with van der Waals surface area (Å²) in [6, 6.07) is -0.456. The summed E-state index contributed by atoms with van der Waals surface area (Å²) in [6.45, 7) is 5.35. The molecule has 1 aliphatic carbocycles. The van der Waals surface area contributed by atoms with Crippen LogP contribution in [-0.4, -0.2) is 28.8 Å². The predicted molar refractivity (Wildman–Crippen MR) is 63.9 cm³/mol. The highest BCUT2D eigenvalue weighted by Crippen LogP contribution is 2.33. The van der Waals surface area contributed by atoms with Crippen LogP contribution in [0.15, 0.2) is 5.16 Å². The maximum atomic E-state index is 11.6. The van der Waals surface area contributed by atoms with Gasteiger partial charge in [-0.15, -0.1) is 0 Å². The highest BCUT2D eigenvalue weighted by Gasteiger charge is 2.29. The van der Waals surface area contributed by atoms with Gasteiger partial charge in [0.25, 0.3) is 0 Å². The molecule has 0 aromatic carbocycles. The monoisotopic (exact) mass is 243 g/mol. The van der Waals surface area contributed by atoms with Crippen molar-refractivity contribution in [3.63, 3.8) is 0 Å². The first-order valence-electron chi connectivity index (χ1n) is 5.78. The van der Waals surface area contributed by atoms with E-state index < -0.39 is 17.7 Å². The van der Waals surface area contributed by atoms with Crippen LogP contribution in [-0.2, 0) is 4.74 Å². The third-order valence-corrected chi connectivity index (χ3v) is 2.43. The molecule has 6 nitrogen and oxygen atoms in total. The molecule has 0 spiro atoms. The number of amides is 1. The van der Waals surface area contributed by atoms with Crippen LogP contribution in [0.1, 0.15) is 40.0 Å². The quantitative estimate of drug-likeness (QED) is 0.301. The molecule has 1 saturated carbocycles. The molecule has 0 aromatic rings. The number of ether oxygens (including phenoxy) is 1. The van der Waals surface area contributed by atoms with Crippen molar-refractivity contribution < 1.29 is 14.7 Å². The Balaban J connectivity index is 2.50. The van der Waals surface area contributed by atoms with E-state index in [2.05, 4.69) is 10.5 Å². The van der Waals surface area contributed by atoms with E-state index >= 15 is 0 Å². The number of amidine groups is 1. The number of nitrogens with two attached hydrogens (primary N) is 1. The molecule has 1 fully saturated rings. The maximum Gasteiger partial charge on any atom is 0.408 e. The van der Waals surface area contributed by atoms with Crippen LogP contribution < -0.4 is 11.1 Å². The zero-order valence-electron chi connectivity index (χ0n) is 10.6. The van der Waals surface area contributed by atoms with Gasteiger partial charge in [-0.1, -0.05) is 18.0 Å². The van der Waals surface area contributed by atoms with Crippen LogP contribution in [0.25, 0.3) is 0 Å². The Kier molecular flexibility index (Phi) is 4.20. The molecule has 0 radical (unpaired) electrons. The van der Waals surface area contributed by atoms with Crippen LogP contribution in [0, 0.1) is 5.92 Å². The lowest BCUT2D eigenvalue weighted by Gasteiger charge is -2.23. The molecule has 0 saturated heterocycles. The largest absolute Gasteiger partial charge is 0.444 e. The van der Waals surface area contributed by atoms with E-state index in [-0.39, 0.29) is 5.84 Å². The molecule has 1 rings (SSSR count). The molecule has 6 heteroatoms. The van der Waals surface area contributed by atoms with Gasteiger partial charge in [0.15, 0.2) is 5.84 Å². The first-order valence-corrected chi connectivity index (χ1v) is 5.78. The van der Waals surface area contributed by atoms with E-state index in [0.29, 0.717) is 12.3 Å². The first kappa shape index (κ1) is 13.6. The van der Waals surface area contributed by atoms with Crippen molar-refractivity contribution in [2.24, 2.45) is 16.8 Å². The zero-order valence-corrected chi connectivity index (χ0v) is 10.6. The summed E-state index contributed by atoms with van der Waals surface area (Å²) in [6.07, 6.45) is 2.40. The van der Waals surface area contributed by atoms with Crippen molar-refractivity contribution >= 4 is 11.9 Å². The predicted octanol–water partition coefficient (Wildman–Crippen LogP) is 1.43. The number of nitrogens with one attached hydrogen (secondary N) is 1. The Morgan fingerprint density at radius 3 is 2.59 bits per heavy atom. The third-order valence-electron chi connectivity index (χ3n) is 2.43. The van der Waals surface area contributed by atoms with Crippen molar-refractivity contribution in [1.29, 1.82) is 0 Å². The summed E-state index contributed by atoms with van der Waals surface area (Å²) in [5.74, 6) is 0.568. The van der Waals surface area contributed by atoms with Gasteiger partial charge in [-0.25, -0.2) is 4.79 Å². The van der Waals surface area contributed by atoms with Crippen LogP contribution in [0.5, 0.6) is 0 Å². The minimum atomic E-state index is -0.556. The van der Waals surface area contributed by atoms with E-state index in [1.807, 2.05) is 0 Å². The maximum absolute atomic E-state index is 11.6. The van der Waals surface area contributed by atoms with Gasteiger partial charge in [-0.05, 0) is 33.1 Å². The van der Waals surface area contributed by atoms with Gasteiger partial charge in [-0.3, -0.25) is 0 Å². The van der Waals surface area contributed by atoms with E-state index in [0.717, 1.165) is 12.8 Å². The summed E-state index contributed by atoms with van der Waals surface area (Å²) >= 11 is 0. The van der Waals surface area contributed by atoms with Gasteiger partial charge in [0.2, 0.25) is 0 Å². The van der Waals surface area contributed by atoms with Crippen LogP contribution in [0.2, 0.25) is 0 Å². The topological polar surface area (TPSA) is 96.9 Å². The molecule has 0 bridgehead atoms. The Morgan fingerprint density at radius 1 is 1.59 bits per heavy atom. The minimum absolute atomic E-state index is 0.0164. The summed E-state index contributed by atoms with van der Waals surface area (Å²) in [7, 11) is 0. The molecule has 1 aliphatic rings. The molecular formula is C11H21N3O3. The standard InChI is InChI=1S/C11H21N3O3/c1-11(2,3)17-10(15)13-8(9(12)14-16)6-7-4-5-7/h7-8,16H,4-6H2,1-3H3,(H2,12,14)(H,13,15). The number of oxime groups is 1. The molecule has 0 heterocycles. The summed E-state index contributed by atoms with van der Waals surface area (Å²) in [5.41, 5.74) is 4.98.